The highest BCUT2D eigenvalue weighted by Crippen LogP contribution is 2.13. The lowest BCUT2D eigenvalue weighted by Crippen LogP contribution is -2.37. The van der Waals surface area contributed by atoms with Crippen molar-refractivity contribution in [2.45, 2.75) is 13.0 Å². The van der Waals surface area contributed by atoms with Gasteiger partial charge in [-0.15, -0.1) is 0 Å². The number of hydrogen-bond acceptors (Lipinski definition) is 3. The summed E-state index contributed by atoms with van der Waals surface area (Å²) in [6.07, 6.45) is 0. The second kappa shape index (κ2) is 5.10. The van der Waals surface area contributed by atoms with Crippen LogP contribution in [-0.2, 0) is 0 Å². The van der Waals surface area contributed by atoms with Crippen LogP contribution < -0.4 is 11.2 Å². The van der Waals surface area contributed by atoms with E-state index in [4.69, 9.17) is 5.73 Å². The Balaban J connectivity index is 2.78. The predicted octanol–water partition coefficient (Wildman–Crippen LogP) is 1.06. The Morgan fingerprint density at radius 2 is 2.14 bits per heavy atom. The lowest BCUT2D eigenvalue weighted by Gasteiger charge is -2.22. The van der Waals surface area contributed by atoms with Crippen LogP contribution in [0.15, 0.2) is 24.3 Å². The van der Waals surface area contributed by atoms with Gasteiger partial charge in [0.1, 0.15) is 0 Å². The monoisotopic (exact) mass is 193 g/mol. The second-order valence-electron chi connectivity index (χ2n) is 3.73. The summed E-state index contributed by atoms with van der Waals surface area (Å²) in [5, 5.41) is 1.93. The number of nitrogens with zero attached hydrogens (tertiary/aromatic N) is 1. The number of hydrogen-bond donors (Lipinski definition) is 2. The third-order valence-electron chi connectivity index (χ3n) is 2.09. The number of rotatable bonds is 4. The molecule has 0 amide bonds. The molecule has 78 valence electrons. The van der Waals surface area contributed by atoms with Gasteiger partial charge in [-0.2, -0.15) is 0 Å². The van der Waals surface area contributed by atoms with Crippen molar-refractivity contribution in [3.63, 3.8) is 0 Å². The molecule has 0 fully saturated rings. The minimum atomic E-state index is 0.199. The van der Waals surface area contributed by atoms with E-state index in [9.17, 15) is 0 Å². The molecule has 0 radical (unpaired) electrons. The van der Waals surface area contributed by atoms with Gasteiger partial charge in [0.15, 0.2) is 0 Å². The highest BCUT2D eigenvalue weighted by Gasteiger charge is 2.09. The van der Waals surface area contributed by atoms with Crippen LogP contribution >= 0.6 is 0 Å². The van der Waals surface area contributed by atoms with Crippen LogP contribution in [0, 0.1) is 6.92 Å². The molecule has 3 nitrogen and oxygen atoms in total. The fraction of sp³-hybridized carbons (Fsp3) is 0.455. The molecule has 1 aromatic rings. The molecule has 1 aromatic carbocycles. The summed E-state index contributed by atoms with van der Waals surface area (Å²) >= 11 is 0. The lowest BCUT2D eigenvalue weighted by molar-refractivity contribution is 0.245. The van der Waals surface area contributed by atoms with Gasteiger partial charge in [-0.1, -0.05) is 29.8 Å². The van der Waals surface area contributed by atoms with Crippen molar-refractivity contribution in [2.75, 3.05) is 20.6 Å². The smallest absolute Gasteiger partial charge is 0.0586 e. The van der Waals surface area contributed by atoms with Crippen LogP contribution in [0.2, 0.25) is 0 Å². The average molecular weight is 193 g/mol. The van der Waals surface area contributed by atoms with Crippen LogP contribution in [0.3, 0.4) is 0 Å². The Morgan fingerprint density at radius 3 is 2.64 bits per heavy atom. The summed E-state index contributed by atoms with van der Waals surface area (Å²) in [7, 11) is 3.94. The topological polar surface area (TPSA) is 41.3 Å². The molecule has 3 N–H and O–H groups in total. The first-order valence-electron chi connectivity index (χ1n) is 4.83. The normalized spacial score (nSPS) is 13.2. The Hall–Kier alpha value is -0.900. The number of aryl methyl sites for hydroxylation is 1. The zero-order chi connectivity index (χ0) is 10.6. The molecule has 14 heavy (non-hydrogen) atoms. The summed E-state index contributed by atoms with van der Waals surface area (Å²) in [6, 6.07) is 8.61. The molecular formula is C11H19N3. The Bertz CT molecular complexity index is 284. The number of nitrogens with two attached hydrogens (primary N) is 1. The van der Waals surface area contributed by atoms with E-state index in [0.717, 1.165) is 0 Å². The van der Waals surface area contributed by atoms with E-state index in [1.807, 2.05) is 19.1 Å². The van der Waals surface area contributed by atoms with E-state index in [1.165, 1.54) is 11.1 Å². The van der Waals surface area contributed by atoms with Crippen molar-refractivity contribution >= 4 is 0 Å². The van der Waals surface area contributed by atoms with E-state index < -0.39 is 0 Å². The molecule has 1 unspecified atom stereocenters. The Labute approximate surface area is 85.9 Å². The maximum absolute atomic E-state index is 5.71. The molecule has 0 aliphatic carbocycles. The van der Waals surface area contributed by atoms with Gasteiger partial charge in [0.25, 0.3) is 0 Å². The highest BCUT2D eigenvalue weighted by molar-refractivity contribution is 5.25. The number of nitrogens with one attached hydrogen (secondary N) is 1. The van der Waals surface area contributed by atoms with Crippen LogP contribution in [0.25, 0.3) is 0 Å². The Kier molecular flexibility index (Phi) is 4.07. The zero-order valence-electron chi connectivity index (χ0n) is 9.12. The van der Waals surface area contributed by atoms with Crippen molar-refractivity contribution in [3.05, 3.63) is 35.4 Å². The van der Waals surface area contributed by atoms with Crippen LogP contribution in [0.5, 0.6) is 0 Å². The van der Waals surface area contributed by atoms with Gasteiger partial charge in [0.2, 0.25) is 0 Å². The van der Waals surface area contributed by atoms with Crippen LogP contribution in [0.4, 0.5) is 0 Å². The highest BCUT2D eigenvalue weighted by atomic mass is 15.5. The molecule has 1 rings (SSSR count). The molecule has 0 aliphatic heterocycles. The fourth-order valence-electron chi connectivity index (χ4n) is 1.46. The van der Waals surface area contributed by atoms with Crippen molar-refractivity contribution < 1.29 is 0 Å². The minimum absolute atomic E-state index is 0.199. The van der Waals surface area contributed by atoms with E-state index in [2.05, 4.69) is 36.6 Å². The first-order valence-corrected chi connectivity index (χ1v) is 4.83. The zero-order valence-corrected chi connectivity index (χ0v) is 9.12. The van der Waals surface area contributed by atoms with Crippen molar-refractivity contribution in [3.8, 4) is 0 Å². The molecule has 0 spiro atoms. The standard InChI is InChI=1S/C11H19N3/c1-9-5-4-6-10(7-9)11(8-12)13-14(2)3/h4-7,11,13H,8,12H2,1-3H3. The number of benzene rings is 1. The predicted molar refractivity (Wildman–Crippen MR) is 59.8 cm³/mol. The molecule has 0 aromatic heterocycles. The SMILES string of the molecule is Cc1cccc(C(CN)NN(C)C)c1. The number of hydrazine groups is 1. The molecule has 0 aliphatic rings. The van der Waals surface area contributed by atoms with Gasteiger partial charge in [0, 0.05) is 20.6 Å². The van der Waals surface area contributed by atoms with Gasteiger partial charge in [0.05, 0.1) is 6.04 Å². The first-order chi connectivity index (χ1) is 6.63. The van der Waals surface area contributed by atoms with E-state index >= 15 is 0 Å². The summed E-state index contributed by atoms with van der Waals surface area (Å²) in [5.74, 6) is 0. The summed E-state index contributed by atoms with van der Waals surface area (Å²) < 4.78 is 0. The van der Waals surface area contributed by atoms with E-state index in [1.54, 1.807) is 0 Å². The van der Waals surface area contributed by atoms with E-state index in [-0.39, 0.29) is 6.04 Å². The van der Waals surface area contributed by atoms with Crippen molar-refractivity contribution in [1.82, 2.24) is 10.4 Å². The van der Waals surface area contributed by atoms with Gasteiger partial charge >= 0.3 is 0 Å². The maximum Gasteiger partial charge on any atom is 0.0586 e. The molecule has 0 saturated heterocycles. The summed E-state index contributed by atoms with van der Waals surface area (Å²) in [6.45, 7) is 2.69. The maximum atomic E-state index is 5.71. The van der Waals surface area contributed by atoms with E-state index in [0.29, 0.717) is 6.54 Å². The van der Waals surface area contributed by atoms with Crippen molar-refractivity contribution in [2.24, 2.45) is 5.73 Å². The second-order valence-corrected chi connectivity index (χ2v) is 3.73. The molecule has 0 bridgehead atoms. The van der Waals surface area contributed by atoms with Crippen LogP contribution in [0.1, 0.15) is 17.2 Å². The molecule has 1 atom stereocenters. The fourth-order valence-corrected chi connectivity index (χ4v) is 1.46. The van der Waals surface area contributed by atoms with Gasteiger partial charge in [-0.05, 0) is 12.5 Å². The third kappa shape index (κ3) is 3.10. The summed E-state index contributed by atoms with van der Waals surface area (Å²) in [4.78, 5) is 0. The van der Waals surface area contributed by atoms with Gasteiger partial charge in [-0.3, -0.25) is 0 Å². The molecule has 0 heterocycles. The lowest BCUT2D eigenvalue weighted by atomic mass is 10.1. The van der Waals surface area contributed by atoms with Gasteiger partial charge in [-0.25, -0.2) is 10.4 Å². The van der Waals surface area contributed by atoms with Crippen molar-refractivity contribution in [1.29, 1.82) is 0 Å². The molecule has 0 saturated carbocycles. The first kappa shape index (κ1) is 11.2. The third-order valence-corrected chi connectivity index (χ3v) is 2.09. The molecule has 3 heteroatoms. The van der Waals surface area contributed by atoms with Gasteiger partial charge < -0.3 is 5.73 Å². The molecular weight excluding hydrogens is 174 g/mol. The Morgan fingerprint density at radius 1 is 1.43 bits per heavy atom. The quantitative estimate of drug-likeness (QED) is 0.703. The largest absolute Gasteiger partial charge is 0.329 e. The minimum Gasteiger partial charge on any atom is -0.329 e. The van der Waals surface area contributed by atoms with Crippen LogP contribution in [-0.4, -0.2) is 25.6 Å². The summed E-state index contributed by atoms with van der Waals surface area (Å²) in [5.41, 5.74) is 11.5. The average Bonchev–Trinajstić information content (AvgIpc) is 2.14.